The molecule has 3 N–H and O–H groups in total. The van der Waals surface area contributed by atoms with Crippen molar-refractivity contribution in [2.75, 3.05) is 32.7 Å². The maximum absolute atomic E-state index is 12.7. The molecule has 2 aliphatic heterocycles. The second-order valence-electron chi connectivity index (χ2n) is 10.3. The second kappa shape index (κ2) is 11.2. The van der Waals surface area contributed by atoms with Gasteiger partial charge in [-0.2, -0.15) is 0 Å². The van der Waals surface area contributed by atoms with Gasteiger partial charge in [0.05, 0.1) is 21.8 Å². The molecule has 0 saturated carbocycles. The molecule has 1 atom stereocenters. The first-order chi connectivity index (χ1) is 17.8. The summed E-state index contributed by atoms with van der Waals surface area (Å²) in [6, 6.07) is 13.6. The number of amides is 1. The first kappa shape index (κ1) is 26.3. The minimum atomic E-state index is -1.18. The molecule has 0 spiro atoms. The normalized spacial score (nSPS) is 20.1. The lowest BCUT2D eigenvalue weighted by atomic mass is 9.84. The van der Waals surface area contributed by atoms with Crippen molar-refractivity contribution in [3.8, 4) is 0 Å². The average molecular weight is 543 g/mol. The zero-order valence-electron chi connectivity index (χ0n) is 20.7. The molecule has 8 heteroatoms. The SMILES string of the molecule is O=C(C=Cc1ccc(Cl)c(Cl)c1)N1CCC(O)(C(O)CN2CCC(c3c[nH]c4ccccc34)CC2)CC1. The molecule has 6 nitrogen and oxygen atoms in total. The number of piperidine rings is 2. The number of aromatic nitrogens is 1. The van der Waals surface area contributed by atoms with Gasteiger partial charge < -0.3 is 25.0 Å². The maximum atomic E-state index is 12.7. The van der Waals surface area contributed by atoms with Gasteiger partial charge in [0.15, 0.2) is 0 Å². The highest BCUT2D eigenvalue weighted by Crippen LogP contribution is 2.34. The number of carbonyl (C=O) groups is 1. The van der Waals surface area contributed by atoms with E-state index in [-0.39, 0.29) is 5.91 Å². The molecule has 2 aliphatic rings. The summed E-state index contributed by atoms with van der Waals surface area (Å²) in [5.74, 6) is 0.376. The number of hydrogen-bond donors (Lipinski definition) is 3. The molecule has 1 amide bonds. The van der Waals surface area contributed by atoms with Crippen LogP contribution in [-0.2, 0) is 4.79 Å². The number of nitrogens with zero attached hydrogens (tertiary/aromatic N) is 2. The third-order valence-corrected chi connectivity index (χ3v) is 8.74. The minimum Gasteiger partial charge on any atom is -0.389 e. The summed E-state index contributed by atoms with van der Waals surface area (Å²) in [4.78, 5) is 20.0. The Hall–Kier alpha value is -2.35. The van der Waals surface area contributed by atoms with Crippen LogP contribution in [0.2, 0.25) is 10.0 Å². The molecule has 2 saturated heterocycles. The standard InChI is InChI=1S/C29H33Cl2N3O3/c30-24-7-5-20(17-25(24)31)6-8-28(36)34-15-11-29(37,12-16-34)27(35)19-33-13-9-21(10-14-33)23-18-32-26-4-2-1-3-22(23)26/h1-8,17-18,21,27,32,35,37H,9-16,19H2. The fourth-order valence-electron chi connectivity index (χ4n) is 5.61. The number of nitrogens with one attached hydrogen (secondary N) is 1. The highest BCUT2D eigenvalue weighted by molar-refractivity contribution is 6.42. The summed E-state index contributed by atoms with van der Waals surface area (Å²) in [5, 5.41) is 24.4. The summed E-state index contributed by atoms with van der Waals surface area (Å²) in [7, 11) is 0. The van der Waals surface area contributed by atoms with E-state index in [1.54, 1.807) is 29.2 Å². The van der Waals surface area contributed by atoms with E-state index < -0.39 is 11.7 Å². The Morgan fingerprint density at radius 1 is 1.08 bits per heavy atom. The fraction of sp³-hybridized carbons (Fsp3) is 0.414. The van der Waals surface area contributed by atoms with Crippen LogP contribution in [0.1, 0.15) is 42.7 Å². The Kier molecular flexibility index (Phi) is 7.93. The molecule has 1 aromatic heterocycles. The topological polar surface area (TPSA) is 79.8 Å². The van der Waals surface area contributed by atoms with Crippen molar-refractivity contribution < 1.29 is 15.0 Å². The lowest BCUT2D eigenvalue weighted by Crippen LogP contribution is -2.56. The van der Waals surface area contributed by atoms with Gasteiger partial charge in [0.1, 0.15) is 0 Å². The quantitative estimate of drug-likeness (QED) is 0.380. The number of aliphatic hydroxyl groups excluding tert-OH is 1. The second-order valence-corrected chi connectivity index (χ2v) is 11.1. The molecule has 3 aromatic rings. The Labute approximate surface area is 227 Å². The van der Waals surface area contributed by atoms with Crippen LogP contribution >= 0.6 is 23.2 Å². The van der Waals surface area contributed by atoms with E-state index in [1.807, 2.05) is 6.07 Å². The monoisotopic (exact) mass is 541 g/mol. The minimum absolute atomic E-state index is 0.123. The number of carbonyl (C=O) groups excluding carboxylic acids is 1. The number of aromatic amines is 1. The van der Waals surface area contributed by atoms with Crippen molar-refractivity contribution >= 4 is 46.1 Å². The number of fused-ring (bicyclic) bond motifs is 1. The highest BCUT2D eigenvalue weighted by atomic mass is 35.5. The first-order valence-electron chi connectivity index (χ1n) is 12.9. The zero-order chi connectivity index (χ0) is 26.0. The van der Waals surface area contributed by atoms with E-state index in [9.17, 15) is 15.0 Å². The van der Waals surface area contributed by atoms with Crippen LogP contribution in [0.25, 0.3) is 17.0 Å². The van der Waals surface area contributed by atoms with Crippen LogP contribution in [0.3, 0.4) is 0 Å². The van der Waals surface area contributed by atoms with Crippen molar-refractivity contribution in [3.63, 3.8) is 0 Å². The van der Waals surface area contributed by atoms with Gasteiger partial charge in [-0.15, -0.1) is 0 Å². The van der Waals surface area contributed by atoms with Crippen LogP contribution < -0.4 is 0 Å². The molecule has 5 rings (SSSR count). The van der Waals surface area contributed by atoms with Gasteiger partial charge in [0, 0.05) is 42.8 Å². The predicted molar refractivity (Wildman–Crippen MR) is 149 cm³/mol. The summed E-state index contributed by atoms with van der Waals surface area (Å²) in [6.45, 7) is 3.03. The lowest BCUT2D eigenvalue weighted by Gasteiger charge is -2.43. The zero-order valence-corrected chi connectivity index (χ0v) is 22.3. The van der Waals surface area contributed by atoms with Gasteiger partial charge in [0.2, 0.25) is 5.91 Å². The van der Waals surface area contributed by atoms with E-state index in [2.05, 4.69) is 34.3 Å². The molecule has 2 aromatic carbocycles. The van der Waals surface area contributed by atoms with Crippen LogP contribution in [-0.4, -0.2) is 75.3 Å². The molecule has 37 heavy (non-hydrogen) atoms. The predicted octanol–water partition coefficient (Wildman–Crippen LogP) is 5.08. The Morgan fingerprint density at radius 3 is 2.54 bits per heavy atom. The summed E-state index contributed by atoms with van der Waals surface area (Å²) in [6.07, 6.45) is 7.27. The molecule has 2 fully saturated rings. The number of likely N-dealkylation sites (tertiary alicyclic amines) is 2. The van der Waals surface area contributed by atoms with Crippen LogP contribution in [0.4, 0.5) is 0 Å². The van der Waals surface area contributed by atoms with Gasteiger partial charge in [-0.1, -0.05) is 47.5 Å². The smallest absolute Gasteiger partial charge is 0.246 e. The van der Waals surface area contributed by atoms with Crippen molar-refractivity contribution in [2.45, 2.75) is 43.3 Å². The highest BCUT2D eigenvalue weighted by Gasteiger charge is 2.40. The summed E-state index contributed by atoms with van der Waals surface area (Å²) < 4.78 is 0. The van der Waals surface area contributed by atoms with E-state index >= 15 is 0 Å². The number of aliphatic hydroxyl groups is 2. The third kappa shape index (κ3) is 5.89. The number of benzene rings is 2. The Morgan fingerprint density at radius 2 is 1.81 bits per heavy atom. The van der Waals surface area contributed by atoms with Gasteiger partial charge in [-0.3, -0.25) is 4.79 Å². The molecule has 196 valence electrons. The van der Waals surface area contributed by atoms with Gasteiger partial charge in [-0.05, 0) is 80.1 Å². The lowest BCUT2D eigenvalue weighted by molar-refractivity contribution is -0.140. The van der Waals surface area contributed by atoms with Crippen LogP contribution in [0.15, 0.2) is 54.7 Å². The van der Waals surface area contributed by atoms with E-state index in [0.29, 0.717) is 48.4 Å². The van der Waals surface area contributed by atoms with Crippen molar-refractivity contribution in [2.24, 2.45) is 0 Å². The van der Waals surface area contributed by atoms with Crippen molar-refractivity contribution in [3.05, 3.63) is 75.9 Å². The van der Waals surface area contributed by atoms with Gasteiger partial charge in [-0.25, -0.2) is 0 Å². The van der Waals surface area contributed by atoms with E-state index in [1.165, 1.54) is 22.5 Å². The van der Waals surface area contributed by atoms with Crippen molar-refractivity contribution in [1.29, 1.82) is 0 Å². The number of halogens is 2. The maximum Gasteiger partial charge on any atom is 0.246 e. The number of rotatable bonds is 6. The van der Waals surface area contributed by atoms with Gasteiger partial charge in [0.25, 0.3) is 0 Å². The van der Waals surface area contributed by atoms with E-state index in [4.69, 9.17) is 23.2 Å². The third-order valence-electron chi connectivity index (χ3n) is 8.00. The number of para-hydroxylation sites is 1. The molecule has 3 heterocycles. The van der Waals surface area contributed by atoms with Crippen LogP contribution in [0.5, 0.6) is 0 Å². The fourth-order valence-corrected chi connectivity index (χ4v) is 5.92. The molecule has 0 radical (unpaired) electrons. The number of H-pyrrole nitrogens is 1. The van der Waals surface area contributed by atoms with Crippen LogP contribution in [0, 0.1) is 0 Å². The Balaban J connectivity index is 1.10. The first-order valence-corrected chi connectivity index (χ1v) is 13.7. The Bertz CT molecular complexity index is 1270. The number of β-amino-alcohol motifs (C(OH)–C–C–N with tert-alkyl or cyclic N) is 1. The summed E-state index contributed by atoms with van der Waals surface area (Å²) in [5.41, 5.74) is 2.16. The van der Waals surface area contributed by atoms with E-state index in [0.717, 1.165) is 31.5 Å². The molecule has 1 unspecified atom stereocenters. The molecule has 0 aliphatic carbocycles. The van der Waals surface area contributed by atoms with Crippen molar-refractivity contribution in [1.82, 2.24) is 14.8 Å². The average Bonchev–Trinajstić information content (AvgIpc) is 3.34. The molecular formula is C29H33Cl2N3O3. The summed E-state index contributed by atoms with van der Waals surface area (Å²) >= 11 is 12.0. The number of hydrogen-bond acceptors (Lipinski definition) is 4. The largest absolute Gasteiger partial charge is 0.389 e. The molecular weight excluding hydrogens is 509 g/mol. The molecule has 0 bridgehead atoms. The van der Waals surface area contributed by atoms with Gasteiger partial charge >= 0.3 is 0 Å².